The van der Waals surface area contributed by atoms with Gasteiger partial charge in [-0.3, -0.25) is 9.97 Å². The molecule has 2 aromatic carbocycles. The molecule has 0 aliphatic heterocycles. The number of fused-ring (bicyclic) bond motifs is 6. The second-order valence-electron chi connectivity index (χ2n) is 12.7. The molecular weight excluding hydrogens is 671 g/mol. The number of nitrogens with zero attached hydrogens (tertiary/aromatic N) is 5. The number of hydrogen-bond donors (Lipinski definition) is 0. The van der Waals surface area contributed by atoms with Crippen LogP contribution in [0.5, 0.6) is 0 Å². The van der Waals surface area contributed by atoms with E-state index in [0.29, 0.717) is 0 Å². The molecule has 0 saturated heterocycles. The molecule has 4 heterocycles. The van der Waals surface area contributed by atoms with Crippen molar-refractivity contribution in [3.63, 3.8) is 0 Å². The summed E-state index contributed by atoms with van der Waals surface area (Å²) >= 11 is 0. The maximum atomic E-state index is 4.79. The van der Waals surface area contributed by atoms with Gasteiger partial charge < -0.3 is 14.4 Å². The summed E-state index contributed by atoms with van der Waals surface area (Å²) in [7, 11) is 0. The van der Waals surface area contributed by atoms with Gasteiger partial charge in [-0.1, -0.05) is 77.1 Å². The Morgan fingerprint density at radius 3 is 2.25 bits per heavy atom. The second kappa shape index (κ2) is 11.6. The predicted octanol–water partition coefficient (Wildman–Crippen LogP) is 8.02. The Morgan fingerprint density at radius 2 is 1.60 bits per heavy atom. The van der Waals surface area contributed by atoms with E-state index in [1.807, 2.05) is 37.4 Å². The summed E-state index contributed by atoms with van der Waals surface area (Å²) in [5, 5.41) is 3.64. The van der Waals surface area contributed by atoms with Gasteiger partial charge in [0.15, 0.2) is 0 Å². The Kier molecular flexibility index (Phi) is 8.63. The minimum atomic E-state index is 0. The van der Waals surface area contributed by atoms with E-state index in [1.165, 1.54) is 27.5 Å². The summed E-state index contributed by atoms with van der Waals surface area (Å²) in [5.41, 5.74) is 7.11. The van der Waals surface area contributed by atoms with Gasteiger partial charge in [0.05, 0.1) is 11.3 Å². The number of imidazole rings is 2. The molecule has 0 saturated carbocycles. The van der Waals surface area contributed by atoms with Crippen LogP contribution in [0, 0.1) is 23.8 Å². The van der Waals surface area contributed by atoms with E-state index in [-0.39, 0.29) is 30.9 Å². The van der Waals surface area contributed by atoms with Gasteiger partial charge in [-0.15, -0.1) is 29.7 Å². The number of aromatic nitrogens is 5. The van der Waals surface area contributed by atoms with Crippen LogP contribution < -0.4 is 4.98 Å². The molecule has 0 spiro atoms. The fourth-order valence-corrected chi connectivity index (χ4v) is 5.09. The van der Waals surface area contributed by atoms with Crippen molar-refractivity contribution >= 4 is 27.3 Å². The normalized spacial score (nSPS) is 11.9. The van der Waals surface area contributed by atoms with Gasteiger partial charge in [0.1, 0.15) is 0 Å². The first-order valence-electron chi connectivity index (χ1n) is 13.6. The van der Waals surface area contributed by atoms with Gasteiger partial charge in [-0.2, -0.15) is 0 Å². The van der Waals surface area contributed by atoms with Crippen LogP contribution in [0.4, 0.5) is 0 Å². The number of hydrogen-bond acceptors (Lipinski definition) is 3. The predicted molar refractivity (Wildman–Crippen MR) is 161 cm³/mol. The number of pyridine rings is 2. The smallest absolute Gasteiger partial charge is 0.0658 e. The van der Waals surface area contributed by atoms with Crippen molar-refractivity contribution in [2.75, 3.05) is 0 Å². The molecule has 6 rings (SSSR count). The van der Waals surface area contributed by atoms with Crippen molar-refractivity contribution < 1.29 is 20.1 Å². The van der Waals surface area contributed by atoms with E-state index in [4.69, 9.17) is 4.98 Å². The average molecular weight is 708 g/mol. The fourth-order valence-electron chi connectivity index (χ4n) is 5.09. The molecule has 0 fully saturated rings. The molecule has 0 N–H and O–H groups in total. The molecule has 0 unspecified atom stereocenters. The number of benzene rings is 2. The topological polar surface area (TPSA) is 57.2 Å². The van der Waals surface area contributed by atoms with Crippen molar-refractivity contribution in [2.45, 2.75) is 61.3 Å². The van der Waals surface area contributed by atoms with Gasteiger partial charge in [-0.05, 0) is 65.4 Å². The van der Waals surface area contributed by atoms with Gasteiger partial charge in [-0.25, -0.2) is 0 Å². The SMILES string of the molecule is CC(C)(C)Cc1ccc2c(c1)c1ccc[c-]c1c1ncc(CC(C)(C)C)n21.Cc1ncc(-c2ccccn2)[n-]1.[Ir]. The summed E-state index contributed by atoms with van der Waals surface area (Å²) in [5.74, 6) is 0.788. The van der Waals surface area contributed by atoms with Crippen molar-refractivity contribution in [2.24, 2.45) is 10.8 Å². The van der Waals surface area contributed by atoms with Crippen molar-refractivity contribution in [1.82, 2.24) is 24.3 Å². The van der Waals surface area contributed by atoms with Crippen molar-refractivity contribution in [3.05, 3.63) is 96.3 Å². The molecule has 5 nitrogen and oxygen atoms in total. The van der Waals surface area contributed by atoms with E-state index in [0.717, 1.165) is 41.1 Å². The van der Waals surface area contributed by atoms with E-state index >= 15 is 0 Å². The Bertz CT molecular complexity index is 1730. The Labute approximate surface area is 250 Å². The molecule has 209 valence electrons. The van der Waals surface area contributed by atoms with Crippen molar-refractivity contribution in [1.29, 1.82) is 0 Å². The third kappa shape index (κ3) is 6.68. The maximum absolute atomic E-state index is 4.79. The Morgan fingerprint density at radius 1 is 0.825 bits per heavy atom. The number of rotatable bonds is 3. The molecule has 0 amide bonds. The van der Waals surface area contributed by atoms with Crippen LogP contribution in [-0.2, 0) is 32.9 Å². The standard InChI is InChI=1S/C25H29N2.C9H8N3.Ir/c1-24(2,3)14-17-11-12-22-21(13-17)19-9-7-8-10-20(19)23-26-16-18(27(22)23)15-25(4,5)6;1-7-11-6-9(12-7)8-4-2-3-5-10-8;/h7-9,11-13,16H,14-15H2,1-6H3;2-6H,1H3;/q2*-1;. The van der Waals surface area contributed by atoms with Crippen LogP contribution in [0.3, 0.4) is 0 Å². The van der Waals surface area contributed by atoms with Crippen LogP contribution in [0.1, 0.15) is 58.6 Å². The Balaban J connectivity index is 0.000000238. The van der Waals surface area contributed by atoms with E-state index in [9.17, 15) is 0 Å². The minimum absolute atomic E-state index is 0. The summed E-state index contributed by atoms with van der Waals surface area (Å²) in [6.45, 7) is 15.6. The molecule has 40 heavy (non-hydrogen) atoms. The van der Waals surface area contributed by atoms with Crippen LogP contribution >= 0.6 is 0 Å². The van der Waals surface area contributed by atoms with E-state index in [2.05, 4.69) is 97.3 Å². The molecule has 4 aromatic heterocycles. The number of aryl methyl sites for hydroxylation is 1. The molecule has 6 aromatic rings. The zero-order valence-corrected chi connectivity index (χ0v) is 26.8. The summed E-state index contributed by atoms with van der Waals surface area (Å²) in [6.07, 6.45) is 7.59. The largest absolute Gasteiger partial charge is 0.446 e. The monoisotopic (exact) mass is 708 g/mol. The molecule has 1 radical (unpaired) electrons. The second-order valence-corrected chi connectivity index (χ2v) is 12.7. The first-order chi connectivity index (χ1) is 18.5. The first-order valence-corrected chi connectivity index (χ1v) is 13.6. The van der Waals surface area contributed by atoms with Gasteiger partial charge in [0.2, 0.25) is 0 Å². The van der Waals surface area contributed by atoms with E-state index in [1.54, 1.807) is 12.4 Å². The average Bonchev–Trinajstić information content (AvgIpc) is 3.50. The molecule has 0 atom stereocenters. The van der Waals surface area contributed by atoms with Gasteiger partial charge in [0, 0.05) is 43.7 Å². The summed E-state index contributed by atoms with van der Waals surface area (Å²) < 4.78 is 2.35. The van der Waals surface area contributed by atoms with Crippen LogP contribution in [0.25, 0.3) is 38.7 Å². The minimum Gasteiger partial charge on any atom is -0.446 e. The molecule has 6 heteroatoms. The first kappa shape index (κ1) is 29.6. The molecule has 0 bridgehead atoms. The zero-order chi connectivity index (χ0) is 27.8. The van der Waals surface area contributed by atoms with Gasteiger partial charge in [0.25, 0.3) is 0 Å². The zero-order valence-electron chi connectivity index (χ0n) is 24.4. The van der Waals surface area contributed by atoms with Crippen molar-refractivity contribution in [3.8, 4) is 11.4 Å². The van der Waals surface area contributed by atoms with Crippen LogP contribution in [-0.4, -0.2) is 19.4 Å². The third-order valence-electron chi connectivity index (χ3n) is 6.54. The fraction of sp³-hybridized carbons (Fsp3) is 0.324. The summed E-state index contributed by atoms with van der Waals surface area (Å²) in [4.78, 5) is 17.2. The Hall–Kier alpha value is -3.34. The van der Waals surface area contributed by atoms with E-state index < -0.39 is 0 Å². The molecular formula is C34H37IrN5-2. The van der Waals surface area contributed by atoms with Crippen LogP contribution in [0.2, 0.25) is 0 Å². The third-order valence-corrected chi connectivity index (χ3v) is 6.54. The summed E-state index contributed by atoms with van der Waals surface area (Å²) in [6, 6.07) is 22.4. The van der Waals surface area contributed by atoms with Crippen LogP contribution in [0.15, 0.2) is 73.2 Å². The quantitative estimate of drug-likeness (QED) is 0.138. The molecule has 0 aliphatic rings. The van der Waals surface area contributed by atoms with Gasteiger partial charge >= 0.3 is 0 Å². The maximum Gasteiger partial charge on any atom is 0.0658 e. The molecule has 0 aliphatic carbocycles.